The Morgan fingerprint density at radius 2 is 1.82 bits per heavy atom. The number of amidine groups is 1. The van der Waals surface area contributed by atoms with Gasteiger partial charge in [-0.3, -0.25) is 4.79 Å². The lowest BCUT2D eigenvalue weighted by Gasteiger charge is -2.06. The number of aromatic nitrogens is 1. The van der Waals surface area contributed by atoms with Crippen LogP contribution >= 0.6 is 35.0 Å². The molecule has 1 aliphatic heterocycles. The van der Waals surface area contributed by atoms with Crippen LogP contribution < -0.4 is 5.32 Å². The van der Waals surface area contributed by atoms with Gasteiger partial charge in [-0.15, -0.1) is 0 Å². The predicted octanol–water partition coefficient (Wildman–Crippen LogP) is 5.98. The van der Waals surface area contributed by atoms with Crippen LogP contribution in [0.3, 0.4) is 0 Å². The quantitative estimate of drug-likeness (QED) is 0.522. The van der Waals surface area contributed by atoms with Crippen molar-refractivity contribution in [3.05, 3.63) is 87.0 Å². The van der Waals surface area contributed by atoms with Crippen molar-refractivity contribution in [1.82, 2.24) is 9.88 Å². The first kappa shape index (κ1) is 18.9. The van der Waals surface area contributed by atoms with Gasteiger partial charge in [0.2, 0.25) is 0 Å². The first-order chi connectivity index (χ1) is 13.5. The minimum atomic E-state index is -0.174. The number of carbonyl (C=O) groups excluding carboxylic acids is 1. The fourth-order valence-corrected chi connectivity index (χ4v) is 3.89. The molecule has 1 aliphatic rings. The van der Waals surface area contributed by atoms with Gasteiger partial charge in [0.25, 0.3) is 5.91 Å². The van der Waals surface area contributed by atoms with Gasteiger partial charge in [0.15, 0.2) is 5.17 Å². The second-order valence-electron chi connectivity index (χ2n) is 6.19. The molecule has 1 N–H and O–H groups in total. The zero-order valence-corrected chi connectivity index (χ0v) is 17.1. The molecule has 2 heterocycles. The average molecular weight is 428 g/mol. The van der Waals surface area contributed by atoms with E-state index in [0.717, 1.165) is 22.6 Å². The maximum Gasteiger partial charge on any atom is 0.264 e. The minimum Gasteiger partial charge on any atom is -0.317 e. The topological polar surface area (TPSA) is 46.4 Å². The molecule has 3 aromatic rings. The molecule has 0 atom stereocenters. The van der Waals surface area contributed by atoms with Crippen LogP contribution in [0, 0.1) is 6.92 Å². The predicted molar refractivity (Wildman–Crippen MR) is 118 cm³/mol. The molecule has 0 unspecified atom stereocenters. The van der Waals surface area contributed by atoms with Crippen LogP contribution in [-0.2, 0) is 4.79 Å². The number of aryl methyl sites for hydroxylation is 1. The van der Waals surface area contributed by atoms with Crippen molar-refractivity contribution in [1.29, 1.82) is 0 Å². The van der Waals surface area contributed by atoms with E-state index in [0.29, 0.717) is 20.1 Å². The van der Waals surface area contributed by atoms with Crippen molar-refractivity contribution >= 4 is 57.8 Å². The number of carbonyl (C=O) groups is 1. The summed E-state index contributed by atoms with van der Waals surface area (Å²) in [6, 6.07) is 16.9. The lowest BCUT2D eigenvalue weighted by atomic mass is 10.2. The number of benzene rings is 2. The summed E-state index contributed by atoms with van der Waals surface area (Å²) in [4.78, 5) is 17.5. The third-order valence-electron chi connectivity index (χ3n) is 4.21. The van der Waals surface area contributed by atoms with Gasteiger partial charge in [-0.25, -0.2) is 4.99 Å². The molecule has 1 amide bonds. The van der Waals surface area contributed by atoms with E-state index in [1.807, 2.05) is 72.3 Å². The molecular formula is C21H15Cl2N3OS. The number of nitrogens with one attached hydrogen (secondary N) is 1. The Bertz CT molecular complexity index is 1120. The van der Waals surface area contributed by atoms with Crippen LogP contribution in [0.15, 0.2) is 70.7 Å². The first-order valence-corrected chi connectivity index (χ1v) is 10.1. The van der Waals surface area contributed by atoms with E-state index < -0.39 is 0 Å². The molecule has 0 radical (unpaired) electrons. The zero-order chi connectivity index (χ0) is 19.7. The Kier molecular flexibility index (Phi) is 5.31. The molecule has 4 nitrogen and oxygen atoms in total. The third-order valence-corrected chi connectivity index (χ3v) is 5.61. The van der Waals surface area contributed by atoms with E-state index in [1.165, 1.54) is 11.8 Å². The molecule has 28 heavy (non-hydrogen) atoms. The van der Waals surface area contributed by atoms with Crippen LogP contribution in [0.1, 0.15) is 11.3 Å². The lowest BCUT2D eigenvalue weighted by molar-refractivity contribution is -0.115. The summed E-state index contributed by atoms with van der Waals surface area (Å²) in [6.07, 6.45) is 3.79. The molecule has 1 saturated heterocycles. The van der Waals surface area contributed by atoms with Gasteiger partial charge in [-0.1, -0.05) is 29.3 Å². The fraction of sp³-hybridized carbons (Fsp3) is 0.0476. The molecule has 4 rings (SSSR count). The van der Waals surface area contributed by atoms with Gasteiger partial charge in [0, 0.05) is 27.6 Å². The molecule has 0 aliphatic carbocycles. The highest BCUT2D eigenvalue weighted by atomic mass is 35.5. The summed E-state index contributed by atoms with van der Waals surface area (Å²) in [5, 5.41) is 4.63. The molecular weight excluding hydrogens is 413 g/mol. The van der Waals surface area contributed by atoms with Crippen LogP contribution in [0.4, 0.5) is 5.69 Å². The third kappa shape index (κ3) is 4.02. The minimum absolute atomic E-state index is 0.174. The van der Waals surface area contributed by atoms with Gasteiger partial charge in [-0.05, 0) is 78.9 Å². The Morgan fingerprint density at radius 3 is 2.61 bits per heavy atom. The summed E-state index contributed by atoms with van der Waals surface area (Å²) in [5.41, 5.74) is 3.58. The van der Waals surface area contributed by atoms with Gasteiger partial charge >= 0.3 is 0 Å². The number of thioether (sulfide) groups is 1. The second kappa shape index (κ2) is 7.87. The van der Waals surface area contributed by atoms with Crippen molar-refractivity contribution in [3.63, 3.8) is 0 Å². The Morgan fingerprint density at radius 1 is 1.07 bits per heavy atom. The highest BCUT2D eigenvalue weighted by molar-refractivity contribution is 8.18. The molecule has 140 valence electrons. The first-order valence-electron chi connectivity index (χ1n) is 8.49. The van der Waals surface area contributed by atoms with Crippen LogP contribution in [0.5, 0.6) is 0 Å². The highest BCUT2D eigenvalue weighted by Gasteiger charge is 2.24. The summed E-state index contributed by atoms with van der Waals surface area (Å²) in [5.74, 6) is -0.174. The van der Waals surface area contributed by atoms with Crippen LogP contribution in [0.25, 0.3) is 11.8 Å². The molecule has 0 spiro atoms. The van der Waals surface area contributed by atoms with Crippen LogP contribution in [0.2, 0.25) is 10.0 Å². The van der Waals surface area contributed by atoms with E-state index in [1.54, 1.807) is 6.07 Å². The summed E-state index contributed by atoms with van der Waals surface area (Å²) < 4.78 is 1.99. The van der Waals surface area contributed by atoms with Crippen molar-refractivity contribution in [2.24, 2.45) is 4.99 Å². The van der Waals surface area contributed by atoms with Gasteiger partial charge in [0.1, 0.15) is 0 Å². The Balaban J connectivity index is 1.63. The Hall–Kier alpha value is -2.47. The molecule has 1 fully saturated rings. The highest BCUT2D eigenvalue weighted by Crippen LogP contribution is 2.30. The number of halogens is 2. The SMILES string of the molecule is Cc1ccc(Cl)cc1N=C1NC(=O)/C(=C/c2cccn2-c2ccc(Cl)cc2)S1. The molecule has 0 bridgehead atoms. The maximum absolute atomic E-state index is 12.4. The van der Waals surface area contributed by atoms with E-state index in [-0.39, 0.29) is 5.91 Å². The number of hydrogen-bond acceptors (Lipinski definition) is 3. The second-order valence-corrected chi connectivity index (χ2v) is 8.10. The number of nitrogens with zero attached hydrogens (tertiary/aromatic N) is 2. The molecule has 0 saturated carbocycles. The number of aliphatic imine (C=N–C) groups is 1. The largest absolute Gasteiger partial charge is 0.317 e. The lowest BCUT2D eigenvalue weighted by Crippen LogP contribution is -2.19. The monoisotopic (exact) mass is 427 g/mol. The van der Waals surface area contributed by atoms with E-state index in [4.69, 9.17) is 23.2 Å². The normalized spacial score (nSPS) is 16.8. The Labute approximate surface area is 176 Å². The van der Waals surface area contributed by atoms with Crippen molar-refractivity contribution < 1.29 is 4.79 Å². The van der Waals surface area contributed by atoms with Gasteiger partial charge < -0.3 is 9.88 Å². The van der Waals surface area contributed by atoms with E-state index in [2.05, 4.69) is 10.3 Å². The van der Waals surface area contributed by atoms with Crippen molar-refractivity contribution in [2.75, 3.05) is 0 Å². The van der Waals surface area contributed by atoms with E-state index in [9.17, 15) is 4.79 Å². The van der Waals surface area contributed by atoms with Gasteiger partial charge in [-0.2, -0.15) is 0 Å². The maximum atomic E-state index is 12.4. The standard InChI is InChI=1S/C21H15Cl2N3OS/c1-13-4-5-15(23)11-18(13)24-21-25-20(27)19(28-21)12-17-3-2-10-26(17)16-8-6-14(22)7-9-16/h2-12H,1H3,(H,24,25,27)/b19-12-. The van der Waals surface area contributed by atoms with Crippen LogP contribution in [-0.4, -0.2) is 15.6 Å². The van der Waals surface area contributed by atoms with Crippen molar-refractivity contribution in [2.45, 2.75) is 6.92 Å². The number of rotatable bonds is 3. The fourth-order valence-electron chi connectivity index (χ4n) is 2.78. The summed E-state index contributed by atoms with van der Waals surface area (Å²) in [7, 11) is 0. The molecule has 7 heteroatoms. The summed E-state index contributed by atoms with van der Waals surface area (Å²) in [6.45, 7) is 1.95. The summed E-state index contributed by atoms with van der Waals surface area (Å²) >= 11 is 13.3. The van der Waals surface area contributed by atoms with Gasteiger partial charge in [0.05, 0.1) is 10.6 Å². The zero-order valence-electron chi connectivity index (χ0n) is 14.8. The number of amides is 1. The smallest absolute Gasteiger partial charge is 0.264 e. The average Bonchev–Trinajstić information content (AvgIpc) is 3.26. The van der Waals surface area contributed by atoms with Crippen molar-refractivity contribution in [3.8, 4) is 5.69 Å². The number of hydrogen-bond donors (Lipinski definition) is 1. The van der Waals surface area contributed by atoms with E-state index >= 15 is 0 Å². The molecule has 1 aromatic heterocycles. The molecule has 2 aromatic carbocycles.